The van der Waals surface area contributed by atoms with Crippen LogP contribution in [0.25, 0.3) is 0 Å². The van der Waals surface area contributed by atoms with Gasteiger partial charge in [0.15, 0.2) is 0 Å². The van der Waals surface area contributed by atoms with E-state index in [1.807, 2.05) is 0 Å². The average Bonchev–Trinajstić information content (AvgIpc) is 2.87. The molecule has 2 heterocycles. The standard InChI is InChI=1S/C18H13ClN2O5/c19-15-8-11(21(24)25)7-10-5-6-12(26-16(10)15)9-20-17(22)13-3-1-2-4-14(13)18(20)23/h1-4,7-8,12H,5-6,9H2/t12-/m1/s1. The third-order valence-electron chi connectivity index (χ3n) is 4.60. The molecule has 0 fully saturated rings. The Bertz CT molecular complexity index is 924. The number of fused-ring (bicyclic) bond motifs is 2. The lowest BCUT2D eigenvalue weighted by Crippen LogP contribution is -2.40. The molecule has 1 atom stereocenters. The van der Waals surface area contributed by atoms with Gasteiger partial charge in [0.25, 0.3) is 17.5 Å². The predicted molar refractivity (Wildman–Crippen MR) is 92.7 cm³/mol. The molecule has 0 saturated heterocycles. The van der Waals surface area contributed by atoms with Crippen LogP contribution >= 0.6 is 11.6 Å². The van der Waals surface area contributed by atoms with Crippen molar-refractivity contribution >= 4 is 29.1 Å². The number of rotatable bonds is 3. The minimum absolute atomic E-state index is 0.0869. The molecule has 2 aromatic rings. The van der Waals surface area contributed by atoms with Crippen LogP contribution in [0, 0.1) is 10.1 Å². The molecule has 2 amide bonds. The van der Waals surface area contributed by atoms with E-state index in [0.29, 0.717) is 35.3 Å². The largest absolute Gasteiger partial charge is 0.487 e. The molecule has 2 aliphatic heterocycles. The number of benzene rings is 2. The van der Waals surface area contributed by atoms with Crippen LogP contribution in [0.2, 0.25) is 5.02 Å². The Balaban J connectivity index is 1.55. The van der Waals surface area contributed by atoms with Gasteiger partial charge < -0.3 is 4.74 Å². The fourth-order valence-electron chi connectivity index (χ4n) is 3.34. The molecule has 0 saturated carbocycles. The summed E-state index contributed by atoms with van der Waals surface area (Å²) in [5.41, 5.74) is 1.35. The minimum Gasteiger partial charge on any atom is -0.487 e. The van der Waals surface area contributed by atoms with Gasteiger partial charge in [0.05, 0.1) is 27.6 Å². The van der Waals surface area contributed by atoms with Gasteiger partial charge in [0.2, 0.25) is 0 Å². The molecule has 0 spiro atoms. The van der Waals surface area contributed by atoms with Gasteiger partial charge in [-0.15, -0.1) is 0 Å². The molecule has 0 bridgehead atoms. The second-order valence-corrected chi connectivity index (χ2v) is 6.63. The highest BCUT2D eigenvalue weighted by atomic mass is 35.5. The number of non-ortho nitro benzene ring substituents is 1. The maximum atomic E-state index is 12.5. The quantitative estimate of drug-likeness (QED) is 0.468. The molecule has 7 nitrogen and oxygen atoms in total. The number of nitrogens with zero attached hydrogens (tertiary/aromatic N) is 2. The topological polar surface area (TPSA) is 89.8 Å². The van der Waals surface area contributed by atoms with Crippen LogP contribution in [0.15, 0.2) is 36.4 Å². The van der Waals surface area contributed by atoms with Crippen molar-refractivity contribution in [2.75, 3.05) is 6.54 Å². The number of ether oxygens (including phenoxy) is 1. The first kappa shape index (κ1) is 16.5. The van der Waals surface area contributed by atoms with Crippen LogP contribution in [0.5, 0.6) is 5.75 Å². The Kier molecular flexibility index (Phi) is 3.88. The van der Waals surface area contributed by atoms with E-state index >= 15 is 0 Å². The summed E-state index contributed by atoms with van der Waals surface area (Å²) in [7, 11) is 0. The summed E-state index contributed by atoms with van der Waals surface area (Å²) in [6.45, 7) is 0.110. The van der Waals surface area contributed by atoms with E-state index in [9.17, 15) is 19.7 Å². The van der Waals surface area contributed by atoms with Crippen molar-refractivity contribution < 1.29 is 19.2 Å². The number of hydrogen-bond acceptors (Lipinski definition) is 5. The van der Waals surface area contributed by atoms with Crippen molar-refractivity contribution in [2.45, 2.75) is 18.9 Å². The Morgan fingerprint density at radius 2 is 1.85 bits per heavy atom. The SMILES string of the molecule is O=C1c2ccccc2C(=O)N1C[C@H]1CCc2cc([N+](=O)[O-])cc(Cl)c2O1. The molecule has 0 aliphatic carbocycles. The van der Waals surface area contributed by atoms with Crippen molar-refractivity contribution in [3.05, 3.63) is 68.2 Å². The van der Waals surface area contributed by atoms with Crippen LogP contribution in [0.3, 0.4) is 0 Å². The molecule has 8 heteroatoms. The molecule has 4 rings (SSSR count). The van der Waals surface area contributed by atoms with E-state index in [1.54, 1.807) is 24.3 Å². The van der Waals surface area contributed by atoms with Gasteiger partial charge in [-0.3, -0.25) is 24.6 Å². The summed E-state index contributed by atoms with van der Waals surface area (Å²) in [5.74, 6) is -0.297. The highest BCUT2D eigenvalue weighted by Gasteiger charge is 2.37. The lowest BCUT2D eigenvalue weighted by atomic mass is 10.0. The van der Waals surface area contributed by atoms with Crippen LogP contribution in [-0.4, -0.2) is 34.3 Å². The number of amides is 2. The Morgan fingerprint density at radius 3 is 2.46 bits per heavy atom. The fraction of sp³-hybridized carbons (Fsp3) is 0.222. The summed E-state index contributed by atoms with van der Waals surface area (Å²) in [6.07, 6.45) is 0.631. The van der Waals surface area contributed by atoms with Gasteiger partial charge in [0.1, 0.15) is 11.9 Å². The van der Waals surface area contributed by atoms with Crippen molar-refractivity contribution in [3.63, 3.8) is 0 Å². The van der Waals surface area contributed by atoms with Gasteiger partial charge >= 0.3 is 0 Å². The fourth-order valence-corrected chi connectivity index (χ4v) is 3.61. The van der Waals surface area contributed by atoms with Crippen LogP contribution in [0.1, 0.15) is 32.7 Å². The van der Waals surface area contributed by atoms with Gasteiger partial charge in [-0.25, -0.2) is 0 Å². The molecular weight excluding hydrogens is 360 g/mol. The van der Waals surface area contributed by atoms with Gasteiger partial charge in [-0.05, 0) is 25.0 Å². The van der Waals surface area contributed by atoms with Crippen molar-refractivity contribution in [1.82, 2.24) is 4.90 Å². The highest BCUT2D eigenvalue weighted by molar-refractivity contribution is 6.32. The average molecular weight is 373 g/mol. The zero-order valence-electron chi connectivity index (χ0n) is 13.5. The summed E-state index contributed by atoms with van der Waals surface area (Å²) < 4.78 is 5.85. The molecule has 26 heavy (non-hydrogen) atoms. The smallest absolute Gasteiger partial charge is 0.271 e. The number of imide groups is 1. The van der Waals surface area contributed by atoms with E-state index in [0.717, 1.165) is 0 Å². The number of nitro groups is 1. The molecule has 132 valence electrons. The van der Waals surface area contributed by atoms with Crippen molar-refractivity contribution in [3.8, 4) is 5.75 Å². The lowest BCUT2D eigenvalue weighted by Gasteiger charge is -2.29. The van der Waals surface area contributed by atoms with E-state index in [1.165, 1.54) is 17.0 Å². The van der Waals surface area contributed by atoms with E-state index in [4.69, 9.17) is 16.3 Å². The third kappa shape index (κ3) is 2.61. The van der Waals surface area contributed by atoms with Gasteiger partial charge in [-0.1, -0.05) is 23.7 Å². The first-order chi connectivity index (χ1) is 12.5. The van der Waals surface area contributed by atoms with Gasteiger partial charge in [-0.2, -0.15) is 0 Å². The Labute approximate surface area is 153 Å². The molecular formula is C18H13ClN2O5. The molecule has 0 N–H and O–H groups in total. The van der Waals surface area contributed by atoms with Crippen molar-refractivity contribution in [1.29, 1.82) is 0 Å². The van der Waals surface area contributed by atoms with Crippen LogP contribution < -0.4 is 4.74 Å². The monoisotopic (exact) mass is 372 g/mol. The maximum Gasteiger partial charge on any atom is 0.271 e. The number of hydrogen-bond donors (Lipinski definition) is 0. The molecule has 0 aromatic heterocycles. The zero-order valence-corrected chi connectivity index (χ0v) is 14.2. The number of carbonyl (C=O) groups excluding carboxylic acids is 2. The first-order valence-corrected chi connectivity index (χ1v) is 8.42. The second kappa shape index (κ2) is 6.10. The van der Waals surface area contributed by atoms with E-state index in [-0.39, 0.29) is 29.1 Å². The number of aryl methyl sites for hydroxylation is 1. The minimum atomic E-state index is -0.503. The van der Waals surface area contributed by atoms with Crippen molar-refractivity contribution in [2.24, 2.45) is 0 Å². The Hall–Kier alpha value is -2.93. The van der Waals surface area contributed by atoms with E-state index < -0.39 is 11.0 Å². The molecule has 0 radical (unpaired) electrons. The summed E-state index contributed by atoms with van der Waals surface area (Å²) in [4.78, 5) is 36.5. The molecule has 2 aromatic carbocycles. The first-order valence-electron chi connectivity index (χ1n) is 8.04. The zero-order chi connectivity index (χ0) is 18.4. The van der Waals surface area contributed by atoms with Gasteiger partial charge in [0, 0.05) is 17.7 Å². The summed E-state index contributed by atoms with van der Waals surface area (Å²) in [5, 5.41) is 11.1. The Morgan fingerprint density at radius 1 is 1.19 bits per heavy atom. The normalized spacial score (nSPS) is 18.3. The molecule has 2 aliphatic rings. The summed E-state index contributed by atoms with van der Waals surface area (Å²) >= 11 is 6.13. The predicted octanol–water partition coefficient (Wildman–Crippen LogP) is 3.24. The second-order valence-electron chi connectivity index (χ2n) is 6.22. The van der Waals surface area contributed by atoms with Crippen LogP contribution in [-0.2, 0) is 6.42 Å². The highest BCUT2D eigenvalue weighted by Crippen LogP contribution is 2.38. The van der Waals surface area contributed by atoms with Crippen LogP contribution in [0.4, 0.5) is 5.69 Å². The third-order valence-corrected chi connectivity index (χ3v) is 4.88. The molecule has 0 unspecified atom stereocenters. The maximum absolute atomic E-state index is 12.5. The van der Waals surface area contributed by atoms with E-state index in [2.05, 4.69) is 0 Å². The lowest BCUT2D eigenvalue weighted by molar-refractivity contribution is -0.384. The number of carbonyl (C=O) groups is 2. The summed E-state index contributed by atoms with van der Waals surface area (Å²) in [6, 6.07) is 9.37. The number of nitro benzene ring substituents is 1. The number of halogens is 1.